The lowest BCUT2D eigenvalue weighted by Crippen LogP contribution is -2.32. The fourth-order valence-corrected chi connectivity index (χ4v) is 3.62. The third kappa shape index (κ3) is 7.87. The summed E-state index contributed by atoms with van der Waals surface area (Å²) in [6.07, 6.45) is 0.305. The lowest BCUT2D eigenvalue weighted by atomic mass is 9.99. The summed E-state index contributed by atoms with van der Waals surface area (Å²) in [7, 11) is 0. The van der Waals surface area contributed by atoms with E-state index in [4.69, 9.17) is 4.74 Å². The van der Waals surface area contributed by atoms with Gasteiger partial charge < -0.3 is 20.3 Å². The number of carboxylic acids is 1. The van der Waals surface area contributed by atoms with Crippen LogP contribution in [-0.2, 0) is 6.42 Å². The second-order valence-electron chi connectivity index (χ2n) is 8.86. The van der Waals surface area contributed by atoms with Crippen LogP contribution in [0.4, 0.5) is 0 Å². The fourth-order valence-electron chi connectivity index (χ4n) is 3.62. The zero-order chi connectivity index (χ0) is 23.8. The van der Waals surface area contributed by atoms with Crippen molar-refractivity contribution in [3.63, 3.8) is 0 Å². The molecule has 34 heavy (non-hydrogen) atoms. The van der Waals surface area contributed by atoms with Gasteiger partial charge in [0.25, 0.3) is 0 Å². The maximum atomic E-state index is 11.5. The smallest absolute Gasteiger partial charge is 0.339 e. The molecule has 0 bridgehead atoms. The molecule has 0 aliphatic rings. The molecule has 3 aromatic carbocycles. The van der Waals surface area contributed by atoms with Gasteiger partial charge in [0.1, 0.15) is 11.3 Å². The van der Waals surface area contributed by atoms with E-state index in [-0.39, 0.29) is 24.0 Å². The van der Waals surface area contributed by atoms with Gasteiger partial charge in [-0.15, -0.1) is 12.4 Å². The molecule has 0 spiro atoms. The molecule has 5 nitrogen and oxygen atoms in total. The lowest BCUT2D eigenvalue weighted by Gasteiger charge is -2.18. The van der Waals surface area contributed by atoms with Crippen molar-refractivity contribution >= 4 is 18.4 Å². The fraction of sp³-hybridized carbons (Fsp3) is 0.321. The highest BCUT2D eigenvalue weighted by atomic mass is 35.5. The first-order valence-corrected chi connectivity index (χ1v) is 11.4. The molecule has 0 fully saturated rings. The Balaban J connectivity index is 0.00000408. The Morgan fingerprint density at radius 1 is 0.941 bits per heavy atom. The van der Waals surface area contributed by atoms with Crippen LogP contribution in [0.15, 0.2) is 72.8 Å². The second kappa shape index (κ2) is 13.1. The molecule has 0 amide bonds. The van der Waals surface area contributed by atoms with Crippen LogP contribution in [0.3, 0.4) is 0 Å². The predicted molar refractivity (Wildman–Crippen MR) is 139 cm³/mol. The lowest BCUT2D eigenvalue weighted by molar-refractivity contribution is 0.0691. The number of halogens is 1. The van der Waals surface area contributed by atoms with Crippen LogP contribution in [0, 0.1) is 5.92 Å². The quantitative estimate of drug-likeness (QED) is 0.323. The molecule has 0 aromatic heterocycles. The number of aliphatic hydroxyl groups excluding tert-OH is 1. The third-order valence-electron chi connectivity index (χ3n) is 5.46. The number of carbonyl (C=O) groups is 1. The first kappa shape index (κ1) is 27.4. The maximum Gasteiger partial charge on any atom is 0.339 e. The van der Waals surface area contributed by atoms with Gasteiger partial charge in [-0.2, -0.15) is 0 Å². The Kier molecular flexibility index (Phi) is 10.6. The monoisotopic (exact) mass is 483 g/mol. The van der Waals surface area contributed by atoms with Crippen LogP contribution in [0.25, 0.3) is 11.1 Å². The minimum absolute atomic E-state index is 0. The van der Waals surface area contributed by atoms with Crippen molar-refractivity contribution in [2.45, 2.75) is 39.3 Å². The number of ether oxygens (including phenoxy) is 1. The zero-order valence-electron chi connectivity index (χ0n) is 19.9. The molecule has 0 unspecified atom stereocenters. The van der Waals surface area contributed by atoms with Crippen molar-refractivity contribution in [3.05, 3.63) is 89.5 Å². The van der Waals surface area contributed by atoms with Crippen LogP contribution >= 0.6 is 12.4 Å². The normalized spacial score (nSPS) is 12.6. The molecule has 0 aliphatic heterocycles. The van der Waals surface area contributed by atoms with Gasteiger partial charge in [-0.3, -0.25) is 0 Å². The summed E-state index contributed by atoms with van der Waals surface area (Å²) in [5.74, 6) is -0.291. The first-order valence-electron chi connectivity index (χ1n) is 11.4. The summed E-state index contributed by atoms with van der Waals surface area (Å²) in [5.41, 5.74) is 4.19. The van der Waals surface area contributed by atoms with Gasteiger partial charge in [0.05, 0.1) is 12.7 Å². The first-order chi connectivity index (χ1) is 15.8. The number of aromatic carboxylic acids is 1. The van der Waals surface area contributed by atoms with Gasteiger partial charge >= 0.3 is 5.97 Å². The second-order valence-corrected chi connectivity index (χ2v) is 8.86. The standard InChI is InChI=1S/C28H33NO4.ClH/c1-19(2)18-33-27-16-24(13-14-25(27)28(31)32)22-11-9-21(10-12-22)15-20(3)29-17-26(30)23-7-5-4-6-8-23;/h4-14,16,19-20,26,29-30H,15,17-18H2,1-3H3,(H,31,32);1H/t20-,26+;/m1./s1. The van der Waals surface area contributed by atoms with Crippen molar-refractivity contribution in [2.75, 3.05) is 13.2 Å². The number of hydrogen-bond donors (Lipinski definition) is 3. The molecule has 0 radical (unpaired) electrons. The van der Waals surface area contributed by atoms with E-state index < -0.39 is 12.1 Å². The Labute approximate surface area is 208 Å². The van der Waals surface area contributed by atoms with Gasteiger partial charge in [-0.25, -0.2) is 4.79 Å². The number of benzene rings is 3. The summed E-state index contributed by atoms with van der Waals surface area (Å²) in [6, 6.07) is 23.3. The van der Waals surface area contributed by atoms with Gasteiger partial charge in [-0.1, -0.05) is 74.5 Å². The summed E-state index contributed by atoms with van der Waals surface area (Å²) in [4.78, 5) is 11.5. The van der Waals surface area contributed by atoms with E-state index >= 15 is 0 Å². The van der Waals surface area contributed by atoms with Crippen molar-refractivity contribution in [2.24, 2.45) is 5.92 Å². The Morgan fingerprint density at radius 2 is 1.59 bits per heavy atom. The number of carboxylic acid groups (broad SMARTS) is 1. The van der Waals surface area contributed by atoms with Crippen LogP contribution in [0.5, 0.6) is 5.75 Å². The molecule has 2 atom stereocenters. The molecule has 3 aromatic rings. The van der Waals surface area contributed by atoms with E-state index in [0.717, 1.165) is 23.1 Å². The van der Waals surface area contributed by atoms with E-state index in [2.05, 4.69) is 24.4 Å². The van der Waals surface area contributed by atoms with Gasteiger partial charge in [-0.05, 0) is 53.6 Å². The van der Waals surface area contributed by atoms with Crippen molar-refractivity contribution < 1.29 is 19.7 Å². The van der Waals surface area contributed by atoms with E-state index in [9.17, 15) is 15.0 Å². The minimum Gasteiger partial charge on any atom is -0.492 e. The summed E-state index contributed by atoms with van der Waals surface area (Å²) in [6.45, 7) is 7.13. The van der Waals surface area contributed by atoms with Crippen molar-refractivity contribution in [1.82, 2.24) is 5.32 Å². The van der Waals surface area contributed by atoms with Gasteiger partial charge in [0, 0.05) is 12.6 Å². The topological polar surface area (TPSA) is 78.8 Å². The molecule has 3 rings (SSSR count). The summed E-state index contributed by atoms with van der Waals surface area (Å²) in [5, 5.41) is 23.2. The molecule has 0 saturated heterocycles. The number of aliphatic hydroxyl groups is 1. The van der Waals surface area contributed by atoms with E-state index in [1.54, 1.807) is 12.1 Å². The van der Waals surface area contributed by atoms with E-state index in [0.29, 0.717) is 24.8 Å². The van der Waals surface area contributed by atoms with Crippen molar-refractivity contribution in [1.29, 1.82) is 0 Å². The number of rotatable bonds is 11. The highest BCUT2D eigenvalue weighted by Crippen LogP contribution is 2.28. The van der Waals surface area contributed by atoms with E-state index in [1.165, 1.54) is 5.56 Å². The predicted octanol–water partition coefficient (Wildman–Crippen LogP) is 5.76. The molecular weight excluding hydrogens is 450 g/mol. The average molecular weight is 484 g/mol. The number of nitrogens with one attached hydrogen (secondary N) is 1. The molecular formula is C28H34ClNO4. The molecule has 0 saturated carbocycles. The Bertz CT molecular complexity index is 1040. The van der Waals surface area contributed by atoms with Crippen LogP contribution in [0.2, 0.25) is 0 Å². The molecule has 6 heteroatoms. The summed E-state index contributed by atoms with van der Waals surface area (Å²) < 4.78 is 5.77. The Hall–Kier alpha value is -2.86. The molecule has 0 aliphatic carbocycles. The Morgan fingerprint density at radius 3 is 2.21 bits per heavy atom. The molecule has 182 valence electrons. The molecule has 3 N–H and O–H groups in total. The van der Waals surface area contributed by atoms with Gasteiger partial charge in [0.2, 0.25) is 0 Å². The zero-order valence-corrected chi connectivity index (χ0v) is 20.7. The minimum atomic E-state index is -0.991. The van der Waals surface area contributed by atoms with Crippen molar-refractivity contribution in [3.8, 4) is 16.9 Å². The highest BCUT2D eigenvalue weighted by molar-refractivity contribution is 5.92. The maximum absolute atomic E-state index is 11.5. The SMILES string of the molecule is CC(C)COc1cc(-c2ccc(C[C@@H](C)NC[C@H](O)c3ccccc3)cc2)ccc1C(=O)O.Cl. The van der Waals surface area contributed by atoms with E-state index in [1.807, 2.05) is 62.4 Å². The van der Waals surface area contributed by atoms with Crippen LogP contribution < -0.4 is 10.1 Å². The highest BCUT2D eigenvalue weighted by Gasteiger charge is 2.14. The third-order valence-corrected chi connectivity index (χ3v) is 5.46. The largest absolute Gasteiger partial charge is 0.492 e. The number of hydrogen-bond acceptors (Lipinski definition) is 4. The average Bonchev–Trinajstić information content (AvgIpc) is 2.82. The van der Waals surface area contributed by atoms with Gasteiger partial charge in [0.15, 0.2) is 0 Å². The van der Waals surface area contributed by atoms with Crippen LogP contribution in [-0.4, -0.2) is 35.4 Å². The molecule has 0 heterocycles. The van der Waals surface area contributed by atoms with Crippen LogP contribution in [0.1, 0.15) is 48.4 Å². The summed E-state index contributed by atoms with van der Waals surface area (Å²) >= 11 is 0.